The average Bonchev–Trinajstić information content (AvgIpc) is 2.43. The van der Waals surface area contributed by atoms with E-state index in [-0.39, 0.29) is 17.8 Å². The maximum absolute atomic E-state index is 11.8. The molecule has 1 aromatic rings. The number of carboxylic acids is 1. The Hall–Kier alpha value is -2.26. The van der Waals surface area contributed by atoms with Gasteiger partial charge in [0, 0.05) is 11.6 Å². The van der Waals surface area contributed by atoms with E-state index >= 15 is 0 Å². The molecule has 7 heteroatoms. The van der Waals surface area contributed by atoms with Crippen molar-refractivity contribution in [3.63, 3.8) is 0 Å². The summed E-state index contributed by atoms with van der Waals surface area (Å²) < 4.78 is 0. The van der Waals surface area contributed by atoms with Crippen LogP contribution in [0.3, 0.4) is 0 Å². The molecule has 0 aliphatic rings. The zero-order valence-electron chi connectivity index (χ0n) is 11.5. The van der Waals surface area contributed by atoms with E-state index in [1.165, 1.54) is 12.1 Å². The van der Waals surface area contributed by atoms with Crippen LogP contribution in [-0.2, 0) is 4.79 Å². The second kappa shape index (κ2) is 8.12. The molecular weight excluding hydrogens is 294 g/mol. The number of nitriles is 1. The molecule has 2 amide bonds. The summed E-state index contributed by atoms with van der Waals surface area (Å²) in [5.74, 6) is -1.58. The SMILES string of the molecule is CCCC(CNC(=O)Nc1cc(Cl)ccc1C#N)C(=O)O. The third-order valence-electron chi connectivity index (χ3n) is 2.85. The van der Waals surface area contributed by atoms with Crippen molar-refractivity contribution in [2.45, 2.75) is 19.8 Å². The van der Waals surface area contributed by atoms with Gasteiger partial charge in [-0.15, -0.1) is 0 Å². The van der Waals surface area contributed by atoms with Gasteiger partial charge in [-0.25, -0.2) is 4.79 Å². The maximum Gasteiger partial charge on any atom is 0.319 e. The second-order valence-corrected chi connectivity index (χ2v) is 4.90. The van der Waals surface area contributed by atoms with Gasteiger partial charge in [-0.3, -0.25) is 4.79 Å². The number of carbonyl (C=O) groups is 2. The van der Waals surface area contributed by atoms with Crippen LogP contribution in [0.1, 0.15) is 25.3 Å². The van der Waals surface area contributed by atoms with Crippen LogP contribution in [0, 0.1) is 17.2 Å². The molecule has 0 saturated heterocycles. The molecule has 1 aromatic carbocycles. The Kier molecular flexibility index (Phi) is 6.50. The lowest BCUT2D eigenvalue weighted by atomic mass is 10.0. The van der Waals surface area contributed by atoms with E-state index < -0.39 is 17.9 Å². The zero-order chi connectivity index (χ0) is 15.8. The van der Waals surface area contributed by atoms with Crippen LogP contribution in [0.4, 0.5) is 10.5 Å². The minimum absolute atomic E-state index is 0.0253. The van der Waals surface area contributed by atoms with Crippen molar-refractivity contribution in [1.29, 1.82) is 5.26 Å². The molecular formula is C14H16ClN3O3. The Balaban J connectivity index is 2.64. The normalized spacial score (nSPS) is 11.3. The van der Waals surface area contributed by atoms with Crippen LogP contribution < -0.4 is 10.6 Å². The largest absolute Gasteiger partial charge is 0.481 e. The van der Waals surface area contributed by atoms with Crippen LogP contribution in [0.25, 0.3) is 0 Å². The molecule has 3 N–H and O–H groups in total. The number of carbonyl (C=O) groups excluding carboxylic acids is 1. The number of nitrogens with zero attached hydrogens (tertiary/aromatic N) is 1. The lowest BCUT2D eigenvalue weighted by molar-refractivity contribution is -0.141. The summed E-state index contributed by atoms with van der Waals surface area (Å²) in [7, 11) is 0. The Labute approximate surface area is 127 Å². The third-order valence-corrected chi connectivity index (χ3v) is 3.08. The Bertz CT molecular complexity index is 569. The van der Waals surface area contributed by atoms with Gasteiger partial charge in [0.25, 0.3) is 0 Å². The van der Waals surface area contributed by atoms with Crippen LogP contribution in [0.15, 0.2) is 18.2 Å². The first-order valence-corrected chi connectivity index (χ1v) is 6.83. The molecule has 0 heterocycles. The van der Waals surface area contributed by atoms with E-state index in [2.05, 4.69) is 10.6 Å². The molecule has 0 radical (unpaired) electrons. The highest BCUT2D eigenvalue weighted by Gasteiger charge is 2.17. The highest BCUT2D eigenvalue weighted by molar-refractivity contribution is 6.31. The van der Waals surface area contributed by atoms with E-state index in [0.29, 0.717) is 17.9 Å². The van der Waals surface area contributed by atoms with Gasteiger partial charge in [0.15, 0.2) is 0 Å². The van der Waals surface area contributed by atoms with Gasteiger partial charge >= 0.3 is 12.0 Å². The van der Waals surface area contributed by atoms with E-state index in [9.17, 15) is 9.59 Å². The minimum atomic E-state index is -0.947. The number of hydrogen-bond donors (Lipinski definition) is 3. The lowest BCUT2D eigenvalue weighted by Gasteiger charge is -2.13. The number of halogens is 1. The molecule has 1 atom stereocenters. The first kappa shape index (κ1) is 16.8. The second-order valence-electron chi connectivity index (χ2n) is 4.46. The lowest BCUT2D eigenvalue weighted by Crippen LogP contribution is -2.35. The summed E-state index contributed by atoms with van der Waals surface area (Å²) in [6.45, 7) is 1.90. The molecule has 6 nitrogen and oxygen atoms in total. The quantitative estimate of drug-likeness (QED) is 0.751. The summed E-state index contributed by atoms with van der Waals surface area (Å²) in [5.41, 5.74) is 0.558. The Morgan fingerprint density at radius 1 is 1.48 bits per heavy atom. The number of rotatable bonds is 6. The number of carboxylic acid groups (broad SMARTS) is 1. The smallest absolute Gasteiger partial charge is 0.319 e. The molecule has 0 aromatic heterocycles. The molecule has 112 valence electrons. The fourth-order valence-electron chi connectivity index (χ4n) is 1.76. The summed E-state index contributed by atoms with van der Waals surface area (Å²) in [5, 5.41) is 23.3. The first-order valence-electron chi connectivity index (χ1n) is 6.45. The summed E-state index contributed by atoms with van der Waals surface area (Å²) in [6.07, 6.45) is 1.20. The van der Waals surface area contributed by atoms with E-state index in [4.69, 9.17) is 22.0 Å². The highest BCUT2D eigenvalue weighted by Crippen LogP contribution is 2.20. The van der Waals surface area contributed by atoms with E-state index in [1.54, 1.807) is 6.07 Å². The summed E-state index contributed by atoms with van der Waals surface area (Å²) in [6, 6.07) is 5.86. The minimum Gasteiger partial charge on any atom is -0.481 e. The number of amides is 2. The van der Waals surface area contributed by atoms with Crippen molar-refractivity contribution in [2.24, 2.45) is 5.92 Å². The molecule has 0 fully saturated rings. The molecule has 21 heavy (non-hydrogen) atoms. The monoisotopic (exact) mass is 309 g/mol. The number of urea groups is 1. The van der Waals surface area contributed by atoms with Gasteiger partial charge in [-0.1, -0.05) is 24.9 Å². The molecule has 0 bridgehead atoms. The fourth-order valence-corrected chi connectivity index (χ4v) is 1.93. The predicted molar refractivity (Wildman–Crippen MR) is 79.2 cm³/mol. The molecule has 0 spiro atoms. The van der Waals surface area contributed by atoms with Crippen LogP contribution in [0.5, 0.6) is 0 Å². The van der Waals surface area contributed by atoms with Gasteiger partial charge in [-0.05, 0) is 24.6 Å². The van der Waals surface area contributed by atoms with Crippen molar-refractivity contribution in [2.75, 3.05) is 11.9 Å². The van der Waals surface area contributed by atoms with Gasteiger partial charge in [0.05, 0.1) is 17.2 Å². The van der Waals surface area contributed by atoms with Gasteiger partial charge in [-0.2, -0.15) is 5.26 Å². The third kappa shape index (κ3) is 5.32. The van der Waals surface area contributed by atoms with Crippen LogP contribution in [-0.4, -0.2) is 23.7 Å². The Morgan fingerprint density at radius 2 is 2.19 bits per heavy atom. The van der Waals surface area contributed by atoms with Crippen molar-refractivity contribution in [3.05, 3.63) is 28.8 Å². The van der Waals surface area contributed by atoms with E-state index in [1.807, 2.05) is 13.0 Å². The van der Waals surface area contributed by atoms with Crippen molar-refractivity contribution in [3.8, 4) is 6.07 Å². The summed E-state index contributed by atoms with van der Waals surface area (Å²) >= 11 is 5.81. The van der Waals surface area contributed by atoms with Crippen molar-refractivity contribution in [1.82, 2.24) is 5.32 Å². The van der Waals surface area contributed by atoms with Crippen molar-refractivity contribution < 1.29 is 14.7 Å². The molecule has 1 rings (SSSR count). The van der Waals surface area contributed by atoms with Gasteiger partial charge in [0.1, 0.15) is 6.07 Å². The number of benzene rings is 1. The zero-order valence-corrected chi connectivity index (χ0v) is 12.3. The molecule has 0 saturated carbocycles. The Morgan fingerprint density at radius 3 is 2.76 bits per heavy atom. The maximum atomic E-state index is 11.8. The molecule has 0 aliphatic carbocycles. The average molecular weight is 310 g/mol. The van der Waals surface area contributed by atoms with Crippen LogP contribution >= 0.6 is 11.6 Å². The number of aliphatic carboxylic acids is 1. The number of hydrogen-bond acceptors (Lipinski definition) is 3. The molecule has 0 aliphatic heterocycles. The predicted octanol–water partition coefficient (Wildman–Crippen LogP) is 2.83. The summed E-state index contributed by atoms with van der Waals surface area (Å²) in [4.78, 5) is 22.7. The van der Waals surface area contributed by atoms with E-state index in [0.717, 1.165) is 0 Å². The van der Waals surface area contributed by atoms with Gasteiger partial charge < -0.3 is 15.7 Å². The molecule has 1 unspecified atom stereocenters. The fraction of sp³-hybridized carbons (Fsp3) is 0.357. The number of nitrogens with one attached hydrogen (secondary N) is 2. The van der Waals surface area contributed by atoms with Crippen molar-refractivity contribution >= 4 is 29.3 Å². The highest BCUT2D eigenvalue weighted by atomic mass is 35.5. The first-order chi connectivity index (χ1) is 9.97. The standard InChI is InChI=1S/C14H16ClN3O3/c1-2-3-10(13(19)20)8-17-14(21)18-12-6-11(15)5-4-9(12)7-16/h4-6,10H,2-3,8H2,1H3,(H,19,20)(H2,17,18,21). The van der Waals surface area contributed by atoms with Crippen LogP contribution in [0.2, 0.25) is 5.02 Å². The number of anilines is 1. The topological polar surface area (TPSA) is 102 Å². The van der Waals surface area contributed by atoms with Gasteiger partial charge in [0.2, 0.25) is 0 Å².